The number of amides is 1. The summed E-state index contributed by atoms with van der Waals surface area (Å²) in [6.45, 7) is 0.359. The van der Waals surface area contributed by atoms with Crippen molar-refractivity contribution in [3.05, 3.63) is 34.7 Å². The number of nitrogens with zero attached hydrogens (tertiary/aromatic N) is 2. The first-order valence-electron chi connectivity index (χ1n) is 4.77. The molecule has 0 saturated heterocycles. The smallest absolute Gasteiger partial charge is 0.404 e. The van der Waals surface area contributed by atoms with Crippen LogP contribution in [-0.2, 0) is 6.42 Å². The molecule has 2 aromatic heterocycles. The number of hydrogen-bond donors (Lipinski definition) is 2. The van der Waals surface area contributed by atoms with E-state index in [1.54, 1.807) is 0 Å². The molecule has 84 valence electrons. The number of rotatable bonds is 3. The lowest BCUT2D eigenvalue weighted by Gasteiger charge is -1.98. The fourth-order valence-corrected chi connectivity index (χ4v) is 2.05. The second kappa shape index (κ2) is 4.52. The number of pyridine rings is 1. The third kappa shape index (κ3) is 2.16. The molecule has 0 bridgehead atoms. The van der Waals surface area contributed by atoms with Gasteiger partial charge in [0, 0.05) is 19.2 Å². The van der Waals surface area contributed by atoms with Crippen LogP contribution in [0.4, 0.5) is 4.79 Å². The molecule has 2 heterocycles. The minimum Gasteiger partial charge on any atom is -0.465 e. The van der Waals surface area contributed by atoms with E-state index in [0.29, 0.717) is 13.0 Å². The average molecular weight is 284 g/mol. The number of carboxylic acid groups (broad SMARTS) is 1. The highest BCUT2D eigenvalue weighted by molar-refractivity contribution is 9.10. The van der Waals surface area contributed by atoms with Gasteiger partial charge in [0.05, 0.1) is 5.69 Å². The lowest BCUT2D eigenvalue weighted by atomic mass is 10.3. The lowest BCUT2D eigenvalue weighted by Crippen LogP contribution is -2.23. The highest BCUT2D eigenvalue weighted by Gasteiger charge is 2.08. The standard InChI is InChI=1S/C10H10BrN3O2/c11-9-7(4-5-12-10(15)16)13-8-3-1-2-6-14(8)9/h1-3,6,12H,4-5H2,(H,15,16). The van der Waals surface area contributed by atoms with Gasteiger partial charge in [-0.1, -0.05) is 6.07 Å². The summed E-state index contributed by atoms with van der Waals surface area (Å²) < 4.78 is 2.78. The summed E-state index contributed by atoms with van der Waals surface area (Å²) in [7, 11) is 0. The Labute approximate surface area is 100 Å². The predicted octanol–water partition coefficient (Wildman–Crippen LogP) is 1.91. The van der Waals surface area contributed by atoms with E-state index < -0.39 is 6.09 Å². The van der Waals surface area contributed by atoms with Crippen LogP contribution in [0.1, 0.15) is 5.69 Å². The number of halogens is 1. The van der Waals surface area contributed by atoms with Gasteiger partial charge < -0.3 is 10.4 Å². The summed E-state index contributed by atoms with van der Waals surface area (Å²) in [6.07, 6.45) is 1.45. The highest BCUT2D eigenvalue weighted by atomic mass is 79.9. The van der Waals surface area contributed by atoms with Crippen LogP contribution >= 0.6 is 15.9 Å². The number of hydrogen-bond acceptors (Lipinski definition) is 2. The molecule has 2 N–H and O–H groups in total. The number of carbonyl (C=O) groups is 1. The maximum absolute atomic E-state index is 10.3. The van der Waals surface area contributed by atoms with E-state index in [4.69, 9.17) is 5.11 Å². The van der Waals surface area contributed by atoms with E-state index in [1.165, 1.54) is 0 Å². The van der Waals surface area contributed by atoms with Crippen LogP contribution in [0.5, 0.6) is 0 Å². The summed E-state index contributed by atoms with van der Waals surface area (Å²) in [5.41, 5.74) is 1.69. The van der Waals surface area contributed by atoms with Gasteiger partial charge in [-0.25, -0.2) is 9.78 Å². The molecule has 5 nitrogen and oxygen atoms in total. The molecule has 6 heteroatoms. The Morgan fingerprint density at radius 2 is 2.38 bits per heavy atom. The van der Waals surface area contributed by atoms with Crippen molar-refractivity contribution in [1.29, 1.82) is 0 Å². The Balaban J connectivity index is 2.18. The van der Waals surface area contributed by atoms with Crippen molar-refractivity contribution in [2.45, 2.75) is 6.42 Å². The van der Waals surface area contributed by atoms with Gasteiger partial charge in [-0.05, 0) is 28.1 Å². The van der Waals surface area contributed by atoms with Crippen LogP contribution in [0.2, 0.25) is 0 Å². The van der Waals surface area contributed by atoms with Gasteiger partial charge in [0.25, 0.3) is 0 Å². The van der Waals surface area contributed by atoms with Gasteiger partial charge in [0.1, 0.15) is 10.3 Å². The molecule has 0 atom stereocenters. The molecule has 0 aliphatic carbocycles. The summed E-state index contributed by atoms with van der Waals surface area (Å²) in [4.78, 5) is 14.7. The molecule has 0 spiro atoms. The van der Waals surface area contributed by atoms with E-state index >= 15 is 0 Å². The average Bonchev–Trinajstić information content (AvgIpc) is 2.56. The van der Waals surface area contributed by atoms with Crippen molar-refractivity contribution in [2.24, 2.45) is 0 Å². The Bertz CT molecular complexity index is 524. The number of aromatic nitrogens is 2. The Hall–Kier alpha value is -1.56. The molecule has 2 rings (SSSR count). The highest BCUT2D eigenvalue weighted by Crippen LogP contribution is 2.18. The van der Waals surface area contributed by atoms with Crippen molar-refractivity contribution >= 4 is 27.7 Å². The summed E-state index contributed by atoms with van der Waals surface area (Å²) in [6, 6.07) is 5.73. The molecule has 0 radical (unpaired) electrons. The first-order chi connectivity index (χ1) is 7.68. The monoisotopic (exact) mass is 283 g/mol. The third-order valence-electron chi connectivity index (χ3n) is 2.18. The molecule has 1 amide bonds. The molecule has 16 heavy (non-hydrogen) atoms. The Morgan fingerprint density at radius 3 is 3.06 bits per heavy atom. The van der Waals surface area contributed by atoms with Crippen LogP contribution < -0.4 is 5.32 Å². The van der Waals surface area contributed by atoms with Crippen molar-refractivity contribution in [3.8, 4) is 0 Å². The second-order valence-electron chi connectivity index (χ2n) is 3.26. The molecule has 2 aromatic rings. The minimum absolute atomic E-state index is 0.359. The first kappa shape index (κ1) is 10.9. The zero-order valence-corrected chi connectivity index (χ0v) is 9.94. The molecule has 0 aromatic carbocycles. The minimum atomic E-state index is -1.01. The fourth-order valence-electron chi connectivity index (χ4n) is 1.46. The predicted molar refractivity (Wildman–Crippen MR) is 62.6 cm³/mol. The van der Waals surface area contributed by atoms with E-state index in [-0.39, 0.29) is 0 Å². The molecule has 0 aliphatic heterocycles. The zero-order valence-electron chi connectivity index (χ0n) is 8.35. The van der Waals surface area contributed by atoms with Crippen molar-refractivity contribution < 1.29 is 9.90 Å². The maximum Gasteiger partial charge on any atom is 0.404 e. The van der Waals surface area contributed by atoms with Crippen LogP contribution in [0.3, 0.4) is 0 Å². The van der Waals surface area contributed by atoms with E-state index in [0.717, 1.165) is 15.9 Å². The van der Waals surface area contributed by atoms with E-state index in [2.05, 4.69) is 26.2 Å². The van der Waals surface area contributed by atoms with Crippen LogP contribution in [0, 0.1) is 0 Å². The largest absolute Gasteiger partial charge is 0.465 e. The van der Waals surface area contributed by atoms with Gasteiger partial charge in [-0.3, -0.25) is 4.40 Å². The summed E-state index contributed by atoms with van der Waals surface area (Å²) in [5, 5.41) is 10.8. The normalized spacial score (nSPS) is 10.6. The number of fused-ring (bicyclic) bond motifs is 1. The topological polar surface area (TPSA) is 66.6 Å². The SMILES string of the molecule is O=C(O)NCCc1nc2ccccn2c1Br. The van der Waals surface area contributed by atoms with Gasteiger partial charge in [0.2, 0.25) is 0 Å². The molecule has 0 unspecified atom stereocenters. The molecule has 0 aliphatic rings. The number of nitrogens with one attached hydrogen (secondary N) is 1. The van der Waals surface area contributed by atoms with Crippen molar-refractivity contribution in [1.82, 2.24) is 14.7 Å². The molecular formula is C10H10BrN3O2. The van der Waals surface area contributed by atoms with Crippen LogP contribution in [0.15, 0.2) is 29.0 Å². The van der Waals surface area contributed by atoms with Gasteiger partial charge >= 0.3 is 6.09 Å². The maximum atomic E-state index is 10.3. The fraction of sp³-hybridized carbons (Fsp3) is 0.200. The summed E-state index contributed by atoms with van der Waals surface area (Å²) in [5.74, 6) is 0. The zero-order chi connectivity index (χ0) is 11.5. The Morgan fingerprint density at radius 1 is 1.56 bits per heavy atom. The van der Waals surface area contributed by atoms with Crippen LogP contribution in [0.25, 0.3) is 5.65 Å². The van der Waals surface area contributed by atoms with Crippen molar-refractivity contribution in [3.63, 3.8) is 0 Å². The second-order valence-corrected chi connectivity index (χ2v) is 4.01. The van der Waals surface area contributed by atoms with Gasteiger partial charge in [0.15, 0.2) is 0 Å². The van der Waals surface area contributed by atoms with E-state index in [9.17, 15) is 4.79 Å². The third-order valence-corrected chi connectivity index (χ3v) is 3.02. The lowest BCUT2D eigenvalue weighted by molar-refractivity contribution is 0.194. The summed E-state index contributed by atoms with van der Waals surface area (Å²) >= 11 is 3.44. The van der Waals surface area contributed by atoms with E-state index in [1.807, 2.05) is 28.8 Å². The van der Waals surface area contributed by atoms with Gasteiger partial charge in [-0.15, -0.1) is 0 Å². The Kier molecular flexibility index (Phi) is 3.09. The molecule has 0 fully saturated rings. The van der Waals surface area contributed by atoms with Crippen LogP contribution in [-0.4, -0.2) is 27.1 Å². The number of imidazole rings is 1. The molecule has 0 saturated carbocycles. The first-order valence-corrected chi connectivity index (χ1v) is 5.56. The van der Waals surface area contributed by atoms with Crippen molar-refractivity contribution in [2.75, 3.05) is 6.54 Å². The van der Waals surface area contributed by atoms with Gasteiger partial charge in [-0.2, -0.15) is 0 Å². The molecular weight excluding hydrogens is 274 g/mol. The quantitative estimate of drug-likeness (QED) is 0.904.